The maximum atomic E-state index is 12.1. The molecule has 1 saturated heterocycles. The lowest BCUT2D eigenvalue weighted by atomic mass is 9.97. The van der Waals surface area contributed by atoms with Crippen LogP contribution in [0.25, 0.3) is 0 Å². The van der Waals surface area contributed by atoms with E-state index in [9.17, 15) is 4.79 Å². The summed E-state index contributed by atoms with van der Waals surface area (Å²) >= 11 is 0. The van der Waals surface area contributed by atoms with Gasteiger partial charge in [0.1, 0.15) is 5.75 Å². The minimum Gasteiger partial charge on any atom is -0.482 e. The molecule has 2 rings (SSSR count). The Kier molecular flexibility index (Phi) is 5.44. The van der Waals surface area contributed by atoms with Gasteiger partial charge in [0, 0.05) is 13.6 Å². The highest BCUT2D eigenvalue weighted by atomic mass is 16.5. The highest BCUT2D eigenvalue weighted by Gasteiger charge is 2.20. The molecule has 0 spiro atoms. The number of ether oxygens (including phenoxy) is 1. The molecule has 1 aromatic carbocycles. The van der Waals surface area contributed by atoms with Gasteiger partial charge in [-0.25, -0.2) is 0 Å². The first-order valence-electron chi connectivity index (χ1n) is 7.46. The van der Waals surface area contributed by atoms with Crippen molar-refractivity contribution < 1.29 is 9.53 Å². The van der Waals surface area contributed by atoms with Crippen molar-refractivity contribution in [3.05, 3.63) is 24.3 Å². The van der Waals surface area contributed by atoms with Crippen LogP contribution in [0.5, 0.6) is 5.75 Å². The zero-order chi connectivity index (χ0) is 15.2. The third kappa shape index (κ3) is 4.63. The van der Waals surface area contributed by atoms with Crippen LogP contribution in [0.2, 0.25) is 0 Å². The second kappa shape index (κ2) is 7.31. The topological polar surface area (TPSA) is 58.8 Å². The monoisotopic (exact) mass is 291 g/mol. The Bertz CT molecular complexity index is 470. The van der Waals surface area contributed by atoms with Gasteiger partial charge in [0.25, 0.3) is 5.91 Å². The minimum atomic E-state index is -0.00261. The standard InChI is InChI=1S/C16H25N3O2/c1-18-9-7-13(8-10-18)11-19(2)16(20)12-21-15-6-4-3-5-14(15)17/h3-6,13H,7-12,17H2,1-2H3. The molecule has 0 radical (unpaired) electrons. The van der Waals surface area contributed by atoms with E-state index in [1.165, 1.54) is 0 Å². The van der Waals surface area contributed by atoms with Crippen molar-refractivity contribution in [3.8, 4) is 5.75 Å². The van der Waals surface area contributed by atoms with Gasteiger partial charge in [0.05, 0.1) is 5.69 Å². The number of rotatable bonds is 5. The maximum absolute atomic E-state index is 12.1. The van der Waals surface area contributed by atoms with Crippen molar-refractivity contribution in [3.63, 3.8) is 0 Å². The fourth-order valence-electron chi connectivity index (χ4n) is 2.60. The van der Waals surface area contributed by atoms with Crippen LogP contribution in [0.3, 0.4) is 0 Å². The highest BCUT2D eigenvalue weighted by molar-refractivity contribution is 5.77. The Balaban J connectivity index is 1.76. The molecule has 0 saturated carbocycles. The van der Waals surface area contributed by atoms with Crippen LogP contribution in [0.4, 0.5) is 5.69 Å². The van der Waals surface area contributed by atoms with E-state index in [2.05, 4.69) is 11.9 Å². The van der Waals surface area contributed by atoms with Crippen LogP contribution in [0, 0.1) is 5.92 Å². The first-order valence-corrected chi connectivity index (χ1v) is 7.46. The van der Waals surface area contributed by atoms with Gasteiger partial charge in [0.15, 0.2) is 6.61 Å². The third-order valence-corrected chi connectivity index (χ3v) is 4.07. The van der Waals surface area contributed by atoms with Gasteiger partial charge in [-0.1, -0.05) is 12.1 Å². The predicted molar refractivity (Wildman–Crippen MR) is 84.2 cm³/mol. The molecule has 1 aromatic rings. The Morgan fingerprint density at radius 2 is 2.05 bits per heavy atom. The Morgan fingerprint density at radius 3 is 2.71 bits per heavy atom. The number of carbonyl (C=O) groups is 1. The molecular weight excluding hydrogens is 266 g/mol. The quantitative estimate of drug-likeness (QED) is 0.834. The van der Waals surface area contributed by atoms with Crippen molar-refractivity contribution in [1.82, 2.24) is 9.80 Å². The summed E-state index contributed by atoms with van der Waals surface area (Å²) in [6, 6.07) is 7.23. The first kappa shape index (κ1) is 15.6. The summed E-state index contributed by atoms with van der Waals surface area (Å²) in [5.41, 5.74) is 6.35. The lowest BCUT2D eigenvalue weighted by Gasteiger charge is -2.31. The summed E-state index contributed by atoms with van der Waals surface area (Å²) in [5, 5.41) is 0. The van der Waals surface area contributed by atoms with Crippen molar-refractivity contribution in [2.45, 2.75) is 12.8 Å². The molecule has 5 nitrogen and oxygen atoms in total. The lowest BCUT2D eigenvalue weighted by Crippen LogP contribution is -2.39. The van der Waals surface area contributed by atoms with Crippen molar-refractivity contribution >= 4 is 11.6 Å². The fraction of sp³-hybridized carbons (Fsp3) is 0.562. The number of piperidine rings is 1. The van der Waals surface area contributed by atoms with Crippen molar-refractivity contribution in [2.75, 3.05) is 46.1 Å². The fourth-order valence-corrected chi connectivity index (χ4v) is 2.60. The SMILES string of the molecule is CN1CCC(CN(C)C(=O)COc2ccccc2N)CC1. The summed E-state index contributed by atoms with van der Waals surface area (Å²) in [6.07, 6.45) is 2.31. The summed E-state index contributed by atoms with van der Waals surface area (Å²) in [5.74, 6) is 1.16. The summed E-state index contributed by atoms with van der Waals surface area (Å²) in [4.78, 5) is 16.2. The molecule has 1 aliphatic rings. The molecule has 116 valence electrons. The van der Waals surface area contributed by atoms with Crippen LogP contribution in [-0.2, 0) is 4.79 Å². The minimum absolute atomic E-state index is 0.00261. The van der Waals surface area contributed by atoms with Crippen LogP contribution in [0.15, 0.2) is 24.3 Å². The maximum Gasteiger partial charge on any atom is 0.260 e. The molecule has 0 unspecified atom stereocenters. The summed E-state index contributed by atoms with van der Waals surface area (Å²) in [6.45, 7) is 3.07. The molecule has 0 bridgehead atoms. The van der Waals surface area contributed by atoms with Crippen LogP contribution in [0.1, 0.15) is 12.8 Å². The average molecular weight is 291 g/mol. The Morgan fingerprint density at radius 1 is 1.38 bits per heavy atom. The van der Waals surface area contributed by atoms with E-state index >= 15 is 0 Å². The molecule has 5 heteroatoms. The van der Waals surface area contributed by atoms with E-state index in [1.807, 2.05) is 19.2 Å². The van der Waals surface area contributed by atoms with E-state index in [1.54, 1.807) is 17.0 Å². The van der Waals surface area contributed by atoms with Crippen molar-refractivity contribution in [1.29, 1.82) is 0 Å². The van der Waals surface area contributed by atoms with E-state index < -0.39 is 0 Å². The zero-order valence-corrected chi connectivity index (χ0v) is 12.9. The number of nitrogens with zero attached hydrogens (tertiary/aromatic N) is 2. The van der Waals surface area contributed by atoms with Crippen LogP contribution in [-0.4, -0.2) is 56.0 Å². The Hall–Kier alpha value is -1.75. The number of carbonyl (C=O) groups excluding carboxylic acids is 1. The normalized spacial score (nSPS) is 16.7. The largest absolute Gasteiger partial charge is 0.482 e. The van der Waals surface area contributed by atoms with Crippen LogP contribution >= 0.6 is 0 Å². The number of para-hydroxylation sites is 2. The zero-order valence-electron chi connectivity index (χ0n) is 12.9. The van der Waals surface area contributed by atoms with E-state index in [0.29, 0.717) is 17.4 Å². The molecule has 1 aliphatic heterocycles. The second-order valence-electron chi connectivity index (χ2n) is 5.85. The molecule has 1 heterocycles. The summed E-state index contributed by atoms with van der Waals surface area (Å²) in [7, 11) is 3.99. The predicted octanol–water partition coefficient (Wildman–Crippen LogP) is 1.45. The van der Waals surface area contributed by atoms with Gasteiger partial charge in [-0.05, 0) is 51.0 Å². The first-order chi connectivity index (χ1) is 10.1. The van der Waals surface area contributed by atoms with Gasteiger partial charge in [0.2, 0.25) is 0 Å². The molecule has 0 atom stereocenters. The molecule has 2 N–H and O–H groups in total. The van der Waals surface area contributed by atoms with E-state index in [0.717, 1.165) is 32.5 Å². The second-order valence-corrected chi connectivity index (χ2v) is 5.85. The molecule has 21 heavy (non-hydrogen) atoms. The number of amides is 1. The van der Waals surface area contributed by atoms with Crippen LogP contribution < -0.4 is 10.5 Å². The number of hydrogen-bond donors (Lipinski definition) is 1. The molecular formula is C16H25N3O2. The number of benzene rings is 1. The number of hydrogen-bond acceptors (Lipinski definition) is 4. The molecule has 1 fully saturated rings. The Labute approximate surface area is 126 Å². The van der Waals surface area contributed by atoms with Gasteiger partial charge in [-0.2, -0.15) is 0 Å². The third-order valence-electron chi connectivity index (χ3n) is 4.07. The molecule has 1 amide bonds. The average Bonchev–Trinajstić information content (AvgIpc) is 2.48. The molecule has 0 aromatic heterocycles. The lowest BCUT2D eigenvalue weighted by molar-refractivity contribution is -0.132. The van der Waals surface area contributed by atoms with Gasteiger partial charge in [-0.3, -0.25) is 4.79 Å². The van der Waals surface area contributed by atoms with E-state index in [4.69, 9.17) is 10.5 Å². The number of likely N-dealkylation sites (N-methyl/N-ethyl adjacent to an activating group) is 1. The van der Waals surface area contributed by atoms with Gasteiger partial charge >= 0.3 is 0 Å². The summed E-state index contributed by atoms with van der Waals surface area (Å²) < 4.78 is 5.50. The number of anilines is 1. The van der Waals surface area contributed by atoms with E-state index in [-0.39, 0.29) is 12.5 Å². The smallest absolute Gasteiger partial charge is 0.260 e. The van der Waals surface area contributed by atoms with Crippen molar-refractivity contribution in [2.24, 2.45) is 5.92 Å². The van der Waals surface area contributed by atoms with Gasteiger partial charge in [-0.15, -0.1) is 0 Å². The number of likely N-dealkylation sites (tertiary alicyclic amines) is 1. The number of nitrogens with two attached hydrogens (primary N) is 1. The van der Waals surface area contributed by atoms with Gasteiger partial charge < -0.3 is 20.3 Å². The number of nitrogen functional groups attached to an aromatic ring is 1. The highest BCUT2D eigenvalue weighted by Crippen LogP contribution is 2.20. The molecule has 0 aliphatic carbocycles.